The second kappa shape index (κ2) is 17.9. The van der Waals surface area contributed by atoms with Gasteiger partial charge in [-0.2, -0.15) is 33.7 Å². The highest BCUT2D eigenvalue weighted by Crippen LogP contribution is 2.30. The van der Waals surface area contributed by atoms with Crippen LogP contribution < -0.4 is 0 Å². The molecule has 0 aliphatic carbocycles. The predicted octanol–water partition coefficient (Wildman–Crippen LogP) is 1.81. The van der Waals surface area contributed by atoms with Crippen LogP contribution in [0.2, 0.25) is 0 Å². The lowest BCUT2D eigenvalue weighted by molar-refractivity contribution is 0.0762. The molecule has 0 aliphatic rings. The van der Waals surface area contributed by atoms with Gasteiger partial charge in [0.1, 0.15) is 11.4 Å². The molecule has 0 atom stereocenters. The molecule has 278 valence electrons. The first-order chi connectivity index (χ1) is 21.5. The summed E-state index contributed by atoms with van der Waals surface area (Å²) in [5, 5.41) is 0. The Morgan fingerprint density at radius 2 is 0.938 bits per heavy atom. The number of hydrogen-bond acceptors (Lipinski definition) is 11. The van der Waals surface area contributed by atoms with Gasteiger partial charge in [0, 0.05) is 31.6 Å². The van der Waals surface area contributed by atoms with Crippen LogP contribution in [0.1, 0.15) is 81.4 Å². The van der Waals surface area contributed by atoms with E-state index in [4.69, 9.17) is 0 Å². The zero-order valence-electron chi connectivity index (χ0n) is 28.0. The lowest BCUT2D eigenvalue weighted by atomic mass is 9.80. The molecule has 0 aromatic carbocycles. The van der Waals surface area contributed by atoms with Gasteiger partial charge in [0.25, 0.3) is 52.3 Å². The van der Waals surface area contributed by atoms with Crippen molar-refractivity contribution in [1.82, 2.24) is 14.8 Å². The Morgan fingerprint density at radius 1 is 0.646 bits per heavy atom. The molecular weight excluding hydrogens is 719 g/mol. The van der Waals surface area contributed by atoms with E-state index in [0.717, 1.165) is 6.42 Å². The molecule has 0 radical (unpaired) electrons. The Morgan fingerprint density at radius 3 is 1.19 bits per heavy atom. The van der Waals surface area contributed by atoms with E-state index in [9.17, 15) is 61.5 Å². The van der Waals surface area contributed by atoms with Crippen molar-refractivity contribution in [2.45, 2.75) is 60.3 Å². The number of carbonyl (C=O) groups is 2. The van der Waals surface area contributed by atoms with Gasteiger partial charge in [-0.1, -0.05) is 60.6 Å². The normalized spacial score (nSPS) is 13.1. The number of allylic oxidation sites excluding steroid dienone is 2. The minimum Gasteiger partial charge on any atom is -0.335 e. The van der Waals surface area contributed by atoms with Gasteiger partial charge in [0.05, 0.1) is 23.0 Å². The first-order valence-corrected chi connectivity index (χ1v) is 21.1. The Labute approximate surface area is 283 Å². The summed E-state index contributed by atoms with van der Waals surface area (Å²) in [5.41, 5.74) is -1.99. The zero-order valence-corrected chi connectivity index (χ0v) is 31.3. The fourth-order valence-corrected chi connectivity index (χ4v) is 5.43. The number of pyridine rings is 1. The average Bonchev–Trinajstić information content (AvgIpc) is 2.94. The average molecular weight is 766 g/mol. The minimum atomic E-state index is -4.65. The third-order valence-electron chi connectivity index (χ3n) is 6.92. The number of amides is 2. The standard InChI is InChI=1S/C25H41N3O14S4.C2H6/c1-6-24(2,3)7-8-25(4,5)19-17-20(22(29)27(9-13-43(31,32)33)10-14-44(34,35)36)26-21(18-19)23(30)28(11-15-45(37,38)39)12-16-46(40,41)42;1-2/h7-8,17-18H,6,9-16H2,1-5H3,(H,31,32,33)(H,34,35,36)(H,37,38,39)(H,40,41,42);1-2H3/b8-7+;. The quantitative estimate of drug-likeness (QED) is 0.123. The molecule has 1 rings (SSSR count). The van der Waals surface area contributed by atoms with Crippen molar-refractivity contribution in [1.29, 1.82) is 0 Å². The molecule has 1 aromatic rings. The summed E-state index contributed by atoms with van der Waals surface area (Å²) in [4.78, 5) is 32.6. The highest BCUT2D eigenvalue weighted by atomic mass is 32.2. The van der Waals surface area contributed by atoms with Crippen molar-refractivity contribution in [2.24, 2.45) is 5.41 Å². The molecular formula is C27H47N3O14S4. The van der Waals surface area contributed by atoms with Crippen molar-refractivity contribution in [3.8, 4) is 0 Å². The highest BCUT2D eigenvalue weighted by Gasteiger charge is 2.29. The van der Waals surface area contributed by atoms with Crippen LogP contribution in [0.15, 0.2) is 24.3 Å². The van der Waals surface area contributed by atoms with E-state index in [0.29, 0.717) is 9.80 Å². The molecule has 0 aliphatic heterocycles. The van der Waals surface area contributed by atoms with Crippen molar-refractivity contribution in [3.05, 3.63) is 41.2 Å². The number of aromatic nitrogens is 1. The third-order valence-corrected chi connectivity index (χ3v) is 9.72. The van der Waals surface area contributed by atoms with Gasteiger partial charge in [-0.3, -0.25) is 27.8 Å². The molecule has 17 nitrogen and oxygen atoms in total. The van der Waals surface area contributed by atoms with Crippen LogP contribution in [-0.2, 0) is 45.9 Å². The molecule has 21 heteroatoms. The van der Waals surface area contributed by atoms with Gasteiger partial charge in [-0.15, -0.1) is 0 Å². The van der Waals surface area contributed by atoms with Crippen molar-refractivity contribution < 1.29 is 61.5 Å². The SMILES string of the molecule is CC.CCC(C)(C)/C=C/C(C)(C)c1cc(C(=O)N(CCS(=O)(=O)O)CCS(=O)(=O)O)nc(C(=O)N(CCS(=O)(=O)O)CCS(=O)(=O)O)c1. The Balaban J connectivity index is 0.0000108. The summed E-state index contributed by atoms with van der Waals surface area (Å²) in [6, 6.07) is 2.49. The van der Waals surface area contributed by atoms with Crippen LogP contribution in [0.25, 0.3) is 0 Å². The van der Waals surface area contributed by atoms with E-state index < -0.39 is 118 Å². The Hall–Kier alpha value is -2.53. The maximum atomic E-state index is 13.6. The van der Waals surface area contributed by atoms with Gasteiger partial charge in [0.15, 0.2) is 0 Å². The van der Waals surface area contributed by atoms with Gasteiger partial charge in [-0.05, 0) is 29.5 Å². The van der Waals surface area contributed by atoms with Crippen LogP contribution in [0.4, 0.5) is 0 Å². The second-order valence-electron chi connectivity index (χ2n) is 11.8. The van der Waals surface area contributed by atoms with Crippen LogP contribution in [0.5, 0.6) is 0 Å². The first-order valence-electron chi connectivity index (χ1n) is 14.7. The monoisotopic (exact) mass is 765 g/mol. The number of rotatable bonds is 18. The predicted molar refractivity (Wildman–Crippen MR) is 179 cm³/mol. The maximum absolute atomic E-state index is 13.6. The van der Waals surface area contributed by atoms with E-state index in [1.54, 1.807) is 19.9 Å². The smallest absolute Gasteiger partial charge is 0.272 e. The second-order valence-corrected chi connectivity index (χ2v) is 18.0. The Bertz CT molecular complexity index is 1560. The minimum absolute atomic E-state index is 0.270. The van der Waals surface area contributed by atoms with Crippen molar-refractivity contribution in [3.63, 3.8) is 0 Å². The molecule has 2 amide bonds. The molecule has 0 saturated carbocycles. The van der Waals surface area contributed by atoms with Crippen LogP contribution in [0.3, 0.4) is 0 Å². The summed E-state index contributed by atoms with van der Waals surface area (Å²) in [7, 11) is -18.6. The molecule has 0 fully saturated rings. The van der Waals surface area contributed by atoms with Gasteiger partial charge in [-0.25, -0.2) is 4.98 Å². The topological polar surface area (TPSA) is 271 Å². The van der Waals surface area contributed by atoms with E-state index >= 15 is 0 Å². The molecule has 1 heterocycles. The molecule has 0 unspecified atom stereocenters. The van der Waals surface area contributed by atoms with Crippen LogP contribution in [0, 0.1) is 5.41 Å². The van der Waals surface area contributed by atoms with E-state index in [2.05, 4.69) is 4.98 Å². The Kier molecular flexibility index (Phi) is 17.0. The van der Waals surface area contributed by atoms with Crippen molar-refractivity contribution >= 4 is 52.3 Å². The summed E-state index contributed by atoms with van der Waals surface area (Å²) < 4.78 is 128. The van der Waals surface area contributed by atoms with Crippen LogP contribution in [-0.4, -0.2) is 128 Å². The number of carbonyl (C=O) groups excluding carboxylic acids is 2. The van der Waals surface area contributed by atoms with Gasteiger partial charge >= 0.3 is 0 Å². The van der Waals surface area contributed by atoms with Gasteiger partial charge < -0.3 is 9.80 Å². The molecule has 0 saturated heterocycles. The zero-order chi connectivity index (χ0) is 37.9. The summed E-state index contributed by atoms with van der Waals surface area (Å²) in [6.45, 7) is 10.3. The van der Waals surface area contributed by atoms with E-state index in [1.165, 1.54) is 12.1 Å². The highest BCUT2D eigenvalue weighted by molar-refractivity contribution is 7.86. The largest absolute Gasteiger partial charge is 0.335 e. The first kappa shape index (κ1) is 45.5. The fourth-order valence-electron chi connectivity index (χ4n) is 3.63. The lowest BCUT2D eigenvalue weighted by Crippen LogP contribution is -2.40. The van der Waals surface area contributed by atoms with E-state index in [-0.39, 0.29) is 11.0 Å². The van der Waals surface area contributed by atoms with Gasteiger partial charge in [0.2, 0.25) is 0 Å². The maximum Gasteiger partial charge on any atom is 0.272 e. The summed E-state index contributed by atoms with van der Waals surface area (Å²) in [6.07, 6.45) is 4.43. The molecule has 1 aromatic heterocycles. The number of hydrogen-bond donors (Lipinski definition) is 4. The summed E-state index contributed by atoms with van der Waals surface area (Å²) >= 11 is 0. The van der Waals surface area contributed by atoms with E-state index in [1.807, 2.05) is 40.7 Å². The number of nitrogens with zero attached hydrogens (tertiary/aromatic N) is 3. The van der Waals surface area contributed by atoms with Crippen LogP contribution >= 0.6 is 0 Å². The fraction of sp³-hybridized carbons (Fsp3) is 0.667. The molecule has 4 N–H and O–H groups in total. The third kappa shape index (κ3) is 18.3. The summed E-state index contributed by atoms with van der Waals surface area (Å²) in [5.74, 6) is -6.30. The molecule has 48 heavy (non-hydrogen) atoms. The van der Waals surface area contributed by atoms with Crippen molar-refractivity contribution in [2.75, 3.05) is 49.2 Å². The molecule has 0 spiro atoms. The lowest BCUT2D eigenvalue weighted by Gasteiger charge is -2.27. The molecule has 0 bridgehead atoms.